The van der Waals surface area contributed by atoms with E-state index in [2.05, 4.69) is 11.9 Å². The maximum absolute atomic E-state index is 14.1. The summed E-state index contributed by atoms with van der Waals surface area (Å²) < 4.78 is 14.1. The summed E-state index contributed by atoms with van der Waals surface area (Å²) in [4.78, 5) is 4.67. The Morgan fingerprint density at radius 1 is 1.13 bits per heavy atom. The number of nitrogen functional groups attached to an aromatic ring is 2. The van der Waals surface area contributed by atoms with E-state index in [1.807, 2.05) is 0 Å². The van der Waals surface area contributed by atoms with E-state index in [0.29, 0.717) is 41.0 Å². The molecule has 0 spiro atoms. The summed E-state index contributed by atoms with van der Waals surface area (Å²) in [6.07, 6.45) is 3.33. The average Bonchev–Trinajstić information content (AvgIpc) is 3.42. The Kier molecular flexibility index (Phi) is 2.79. The van der Waals surface area contributed by atoms with Crippen LogP contribution in [-0.2, 0) is 11.0 Å². The number of rotatable bonds is 3. The summed E-state index contributed by atoms with van der Waals surface area (Å²) in [5, 5.41) is 10.3. The van der Waals surface area contributed by atoms with Gasteiger partial charge in [0.2, 0.25) is 0 Å². The van der Waals surface area contributed by atoms with Crippen molar-refractivity contribution in [3.05, 3.63) is 41.3 Å². The number of nitrogens with zero attached hydrogens (tertiary/aromatic N) is 1. The number of hydrogen-bond donors (Lipinski definition) is 3. The summed E-state index contributed by atoms with van der Waals surface area (Å²) in [6, 6.07) is 6.27. The van der Waals surface area contributed by atoms with Gasteiger partial charge in [0.25, 0.3) is 0 Å². The molecular formula is C18H20FN3O. The summed E-state index contributed by atoms with van der Waals surface area (Å²) >= 11 is 0. The highest BCUT2D eigenvalue weighted by atomic mass is 19.1. The van der Waals surface area contributed by atoms with Gasteiger partial charge in [-0.05, 0) is 49.9 Å². The molecule has 23 heavy (non-hydrogen) atoms. The fourth-order valence-corrected chi connectivity index (χ4v) is 3.13. The molecule has 1 heterocycles. The minimum Gasteiger partial charge on any atom is -0.398 e. The van der Waals surface area contributed by atoms with Crippen LogP contribution in [0, 0.1) is 5.82 Å². The lowest BCUT2D eigenvalue weighted by Crippen LogP contribution is -2.12. The van der Waals surface area contributed by atoms with Crippen molar-refractivity contribution in [1.29, 1.82) is 0 Å². The highest BCUT2D eigenvalue weighted by Gasteiger charge is 2.45. The van der Waals surface area contributed by atoms with E-state index in [9.17, 15) is 9.50 Å². The first-order valence-electron chi connectivity index (χ1n) is 7.92. The van der Waals surface area contributed by atoms with Gasteiger partial charge in [-0.3, -0.25) is 4.98 Å². The molecule has 2 fully saturated rings. The van der Waals surface area contributed by atoms with Crippen LogP contribution in [0.3, 0.4) is 0 Å². The molecule has 5 N–H and O–H groups in total. The zero-order chi connectivity index (χ0) is 16.4. The third-order valence-electron chi connectivity index (χ3n) is 5.14. The normalized spacial score (nSPS) is 20.3. The summed E-state index contributed by atoms with van der Waals surface area (Å²) in [7, 11) is 0. The molecule has 0 amide bonds. The van der Waals surface area contributed by atoms with Crippen molar-refractivity contribution in [3.63, 3.8) is 0 Å². The van der Waals surface area contributed by atoms with E-state index < -0.39 is 11.4 Å². The minimum absolute atomic E-state index is 0.0136. The molecule has 0 aliphatic heterocycles. The van der Waals surface area contributed by atoms with Gasteiger partial charge in [0.1, 0.15) is 5.82 Å². The van der Waals surface area contributed by atoms with Crippen LogP contribution < -0.4 is 11.5 Å². The van der Waals surface area contributed by atoms with E-state index >= 15 is 0 Å². The van der Waals surface area contributed by atoms with Gasteiger partial charge in [-0.25, -0.2) is 4.39 Å². The lowest BCUT2D eigenvalue weighted by molar-refractivity contribution is 0.152. The number of benzene rings is 1. The highest BCUT2D eigenvalue weighted by molar-refractivity contribution is 5.78. The van der Waals surface area contributed by atoms with Gasteiger partial charge in [-0.1, -0.05) is 6.92 Å². The number of aromatic nitrogens is 1. The van der Waals surface area contributed by atoms with Crippen LogP contribution in [0.5, 0.6) is 0 Å². The van der Waals surface area contributed by atoms with E-state index in [1.165, 1.54) is 12.1 Å². The van der Waals surface area contributed by atoms with E-state index in [-0.39, 0.29) is 5.41 Å². The molecule has 1 aromatic heterocycles. The largest absolute Gasteiger partial charge is 0.398 e. The van der Waals surface area contributed by atoms with Crippen molar-refractivity contribution < 1.29 is 9.50 Å². The average molecular weight is 313 g/mol. The predicted molar refractivity (Wildman–Crippen MR) is 88.2 cm³/mol. The smallest absolute Gasteiger partial charge is 0.124 e. The van der Waals surface area contributed by atoms with E-state index in [0.717, 1.165) is 18.5 Å². The van der Waals surface area contributed by atoms with Crippen LogP contribution in [0.1, 0.15) is 43.9 Å². The number of anilines is 2. The number of hydrogen-bond acceptors (Lipinski definition) is 4. The maximum Gasteiger partial charge on any atom is 0.124 e. The molecule has 4 rings (SSSR count). The van der Waals surface area contributed by atoms with Crippen LogP contribution in [0.15, 0.2) is 24.3 Å². The molecule has 2 aliphatic rings. The summed E-state index contributed by atoms with van der Waals surface area (Å²) in [5.41, 5.74) is 14.8. The molecule has 4 nitrogen and oxygen atoms in total. The van der Waals surface area contributed by atoms with Crippen molar-refractivity contribution in [2.24, 2.45) is 0 Å². The maximum atomic E-state index is 14.1. The Morgan fingerprint density at radius 2 is 1.83 bits per heavy atom. The second-order valence-corrected chi connectivity index (χ2v) is 7.14. The third kappa shape index (κ3) is 2.27. The first-order valence-corrected chi connectivity index (χ1v) is 7.92. The van der Waals surface area contributed by atoms with Crippen LogP contribution in [-0.4, -0.2) is 10.1 Å². The fourth-order valence-electron chi connectivity index (χ4n) is 3.13. The SMILES string of the molecule is CC1(c2nc(-c3cc(F)cc(C4(O)CC4)c3N)ccc2N)CC1. The zero-order valence-electron chi connectivity index (χ0n) is 13.1. The molecule has 0 unspecified atom stereocenters. The second kappa shape index (κ2) is 4.45. The quantitative estimate of drug-likeness (QED) is 0.760. The second-order valence-electron chi connectivity index (χ2n) is 7.14. The van der Waals surface area contributed by atoms with Gasteiger partial charge in [-0.2, -0.15) is 0 Å². The number of aliphatic hydroxyl groups is 1. The Bertz CT molecular complexity index is 810. The van der Waals surface area contributed by atoms with Gasteiger partial charge < -0.3 is 16.6 Å². The first-order chi connectivity index (χ1) is 10.8. The van der Waals surface area contributed by atoms with Crippen LogP contribution >= 0.6 is 0 Å². The molecule has 2 aromatic rings. The van der Waals surface area contributed by atoms with Crippen LogP contribution in [0.4, 0.5) is 15.8 Å². The van der Waals surface area contributed by atoms with Crippen LogP contribution in [0.2, 0.25) is 0 Å². The molecule has 1 aromatic carbocycles. The molecule has 120 valence electrons. The Labute approximate surface area is 134 Å². The van der Waals surface area contributed by atoms with Crippen molar-refractivity contribution in [3.8, 4) is 11.3 Å². The number of pyridine rings is 1. The lowest BCUT2D eigenvalue weighted by atomic mass is 9.97. The molecular weight excluding hydrogens is 293 g/mol. The third-order valence-corrected chi connectivity index (χ3v) is 5.14. The molecule has 5 heteroatoms. The highest BCUT2D eigenvalue weighted by Crippen LogP contribution is 2.51. The van der Waals surface area contributed by atoms with Crippen molar-refractivity contribution in [1.82, 2.24) is 4.98 Å². The lowest BCUT2D eigenvalue weighted by Gasteiger charge is -2.17. The van der Waals surface area contributed by atoms with Gasteiger partial charge in [0.05, 0.1) is 22.7 Å². The van der Waals surface area contributed by atoms with Gasteiger partial charge in [-0.15, -0.1) is 0 Å². The molecule has 0 saturated heterocycles. The monoisotopic (exact) mass is 313 g/mol. The van der Waals surface area contributed by atoms with E-state index in [4.69, 9.17) is 11.5 Å². The van der Waals surface area contributed by atoms with Crippen molar-refractivity contribution >= 4 is 11.4 Å². The van der Waals surface area contributed by atoms with Gasteiger partial charge in [0, 0.05) is 22.2 Å². The molecule has 2 saturated carbocycles. The Balaban J connectivity index is 1.87. The number of nitrogens with two attached hydrogens (primary N) is 2. The van der Waals surface area contributed by atoms with Crippen LogP contribution in [0.25, 0.3) is 11.3 Å². The van der Waals surface area contributed by atoms with Crippen molar-refractivity contribution in [2.45, 2.75) is 43.6 Å². The summed E-state index contributed by atoms with van der Waals surface area (Å²) in [6.45, 7) is 2.13. The van der Waals surface area contributed by atoms with Crippen molar-refractivity contribution in [2.75, 3.05) is 11.5 Å². The number of halogens is 1. The van der Waals surface area contributed by atoms with Gasteiger partial charge in [0.15, 0.2) is 0 Å². The topological polar surface area (TPSA) is 85.2 Å². The van der Waals surface area contributed by atoms with E-state index in [1.54, 1.807) is 12.1 Å². The Hall–Kier alpha value is -2.14. The fraction of sp³-hybridized carbons (Fsp3) is 0.389. The molecule has 0 radical (unpaired) electrons. The molecule has 0 atom stereocenters. The zero-order valence-corrected chi connectivity index (χ0v) is 13.1. The minimum atomic E-state index is -0.986. The predicted octanol–water partition coefficient (Wildman–Crippen LogP) is 3.09. The molecule has 2 aliphatic carbocycles. The Morgan fingerprint density at radius 3 is 2.43 bits per heavy atom. The standard InChI is InChI=1S/C18H20FN3O/c1-17(4-5-17)16-13(20)2-3-14(22-16)11-8-10(19)9-12(15(11)21)18(23)6-7-18/h2-3,8-9,23H,4-7,20-21H2,1H3. The molecule has 0 bridgehead atoms. The van der Waals surface area contributed by atoms with Gasteiger partial charge >= 0.3 is 0 Å². The summed E-state index contributed by atoms with van der Waals surface area (Å²) in [5.74, 6) is -0.415. The first kappa shape index (κ1) is 14.5.